The van der Waals surface area contributed by atoms with E-state index in [4.69, 9.17) is 4.74 Å². The quantitative estimate of drug-likeness (QED) is 0.751. The Bertz CT molecular complexity index is 589. The molecule has 0 bridgehead atoms. The highest BCUT2D eigenvalue weighted by atomic mass is 19.1. The fourth-order valence-corrected chi connectivity index (χ4v) is 1.79. The zero-order valence-corrected chi connectivity index (χ0v) is 9.78. The Balaban J connectivity index is 2.70. The lowest BCUT2D eigenvalue weighted by Crippen LogP contribution is -2.06. The molecule has 2 rings (SSSR count). The molecule has 1 aromatic carbocycles. The lowest BCUT2D eigenvalue weighted by atomic mass is 10.2. The number of aryl methyl sites for hydroxylation is 1. The predicted octanol–water partition coefficient (Wildman–Crippen LogP) is 2.11. The van der Waals surface area contributed by atoms with Crippen LogP contribution in [0.2, 0.25) is 0 Å². The van der Waals surface area contributed by atoms with Crippen LogP contribution < -0.4 is 4.74 Å². The Labute approximate surface area is 97.5 Å². The maximum absolute atomic E-state index is 13.5. The summed E-state index contributed by atoms with van der Waals surface area (Å²) in [4.78, 5) is 11.5. The largest absolute Gasteiger partial charge is 0.494 e. The van der Waals surface area contributed by atoms with E-state index < -0.39 is 11.8 Å². The molecule has 0 N–H and O–H groups in total. The van der Waals surface area contributed by atoms with Crippen molar-refractivity contribution < 1.29 is 18.7 Å². The summed E-state index contributed by atoms with van der Waals surface area (Å²) in [7, 11) is 4.42. The van der Waals surface area contributed by atoms with Crippen molar-refractivity contribution in [3.8, 4) is 5.75 Å². The van der Waals surface area contributed by atoms with E-state index in [9.17, 15) is 9.18 Å². The fraction of sp³-hybridized carbons (Fsp3) is 0.250. The van der Waals surface area contributed by atoms with Gasteiger partial charge in [0.1, 0.15) is 5.69 Å². The van der Waals surface area contributed by atoms with Crippen molar-refractivity contribution in [2.75, 3.05) is 14.2 Å². The lowest BCUT2D eigenvalue weighted by molar-refractivity contribution is 0.0590. The molecule has 0 aliphatic carbocycles. The van der Waals surface area contributed by atoms with Gasteiger partial charge in [0.05, 0.1) is 19.7 Å². The molecular formula is C12H12FNO3. The van der Waals surface area contributed by atoms with Gasteiger partial charge in [-0.2, -0.15) is 0 Å². The SMILES string of the molecule is COC(=O)c1cc2cc(F)c(OC)cc2n1C. The van der Waals surface area contributed by atoms with E-state index in [2.05, 4.69) is 4.74 Å². The average molecular weight is 237 g/mol. The molecule has 5 heteroatoms. The van der Waals surface area contributed by atoms with E-state index in [1.807, 2.05) is 0 Å². The number of methoxy groups -OCH3 is 2. The van der Waals surface area contributed by atoms with Gasteiger partial charge in [0.2, 0.25) is 0 Å². The molecule has 0 atom stereocenters. The zero-order valence-electron chi connectivity index (χ0n) is 9.78. The van der Waals surface area contributed by atoms with E-state index in [1.54, 1.807) is 23.7 Å². The van der Waals surface area contributed by atoms with E-state index in [1.165, 1.54) is 20.3 Å². The van der Waals surface area contributed by atoms with E-state index in [0.717, 1.165) is 0 Å². The second kappa shape index (κ2) is 4.08. The molecule has 0 amide bonds. The van der Waals surface area contributed by atoms with Crippen LogP contribution in [0.4, 0.5) is 4.39 Å². The van der Waals surface area contributed by atoms with Crippen LogP contribution >= 0.6 is 0 Å². The predicted molar refractivity (Wildman–Crippen MR) is 60.8 cm³/mol. The number of ether oxygens (including phenoxy) is 2. The van der Waals surface area contributed by atoms with Gasteiger partial charge in [-0.05, 0) is 12.1 Å². The summed E-state index contributed by atoms with van der Waals surface area (Å²) in [6.45, 7) is 0. The molecule has 90 valence electrons. The molecule has 4 nitrogen and oxygen atoms in total. The number of halogens is 1. The molecule has 0 aliphatic rings. The summed E-state index contributed by atoms with van der Waals surface area (Å²) in [6, 6.07) is 4.47. The molecule has 0 radical (unpaired) electrons. The van der Waals surface area contributed by atoms with Crippen LogP contribution in [-0.4, -0.2) is 24.8 Å². The van der Waals surface area contributed by atoms with E-state index >= 15 is 0 Å². The number of carbonyl (C=O) groups is 1. The Morgan fingerprint density at radius 2 is 2.00 bits per heavy atom. The Kier molecular flexibility index (Phi) is 2.75. The maximum atomic E-state index is 13.5. The highest BCUT2D eigenvalue weighted by molar-refractivity contribution is 5.96. The molecule has 0 spiro atoms. The van der Waals surface area contributed by atoms with Gasteiger partial charge in [0.25, 0.3) is 0 Å². The van der Waals surface area contributed by atoms with Gasteiger partial charge in [0, 0.05) is 18.5 Å². The molecule has 2 aromatic rings. The number of aromatic nitrogens is 1. The number of hydrogen-bond donors (Lipinski definition) is 0. The van der Waals surface area contributed by atoms with Crippen LogP contribution in [0.25, 0.3) is 10.9 Å². The van der Waals surface area contributed by atoms with Gasteiger partial charge in [-0.25, -0.2) is 9.18 Å². The highest BCUT2D eigenvalue weighted by Crippen LogP contribution is 2.27. The van der Waals surface area contributed by atoms with Crippen molar-refractivity contribution >= 4 is 16.9 Å². The van der Waals surface area contributed by atoms with Crippen LogP contribution in [-0.2, 0) is 11.8 Å². The monoisotopic (exact) mass is 237 g/mol. The molecule has 0 saturated heterocycles. The first-order valence-electron chi connectivity index (χ1n) is 4.99. The van der Waals surface area contributed by atoms with Crippen LogP contribution in [0.15, 0.2) is 18.2 Å². The number of nitrogens with zero attached hydrogens (tertiary/aromatic N) is 1. The van der Waals surface area contributed by atoms with Crippen molar-refractivity contribution in [2.24, 2.45) is 7.05 Å². The molecular weight excluding hydrogens is 225 g/mol. The third-order valence-electron chi connectivity index (χ3n) is 2.71. The number of hydrogen-bond acceptors (Lipinski definition) is 3. The van der Waals surface area contributed by atoms with Gasteiger partial charge in [0.15, 0.2) is 11.6 Å². The fourth-order valence-electron chi connectivity index (χ4n) is 1.79. The van der Waals surface area contributed by atoms with Crippen LogP contribution in [0.1, 0.15) is 10.5 Å². The summed E-state index contributed by atoms with van der Waals surface area (Å²) < 4.78 is 24.7. The number of carbonyl (C=O) groups excluding carboxylic acids is 1. The Hall–Kier alpha value is -2.04. The second-order valence-corrected chi connectivity index (χ2v) is 3.63. The standard InChI is InChI=1S/C12H12FNO3/c1-14-9-6-11(16-2)8(13)4-7(9)5-10(14)12(15)17-3/h4-6H,1-3H3. The van der Waals surface area contributed by atoms with Crippen LogP contribution in [0, 0.1) is 5.82 Å². The highest BCUT2D eigenvalue weighted by Gasteiger charge is 2.15. The molecule has 17 heavy (non-hydrogen) atoms. The Morgan fingerprint density at radius 1 is 1.29 bits per heavy atom. The van der Waals surface area contributed by atoms with E-state index in [0.29, 0.717) is 16.6 Å². The first kappa shape index (κ1) is 11.4. The molecule has 0 aliphatic heterocycles. The minimum Gasteiger partial charge on any atom is -0.494 e. The zero-order chi connectivity index (χ0) is 12.6. The minimum absolute atomic E-state index is 0.148. The molecule has 1 heterocycles. The van der Waals surface area contributed by atoms with Gasteiger partial charge < -0.3 is 14.0 Å². The van der Waals surface area contributed by atoms with Crippen molar-refractivity contribution in [1.29, 1.82) is 0 Å². The van der Waals surface area contributed by atoms with Crippen molar-refractivity contribution in [2.45, 2.75) is 0 Å². The molecule has 1 aromatic heterocycles. The van der Waals surface area contributed by atoms with Crippen molar-refractivity contribution in [1.82, 2.24) is 4.57 Å². The molecule has 0 fully saturated rings. The van der Waals surface area contributed by atoms with Gasteiger partial charge in [-0.1, -0.05) is 0 Å². The second-order valence-electron chi connectivity index (χ2n) is 3.63. The first-order valence-corrected chi connectivity index (χ1v) is 4.99. The summed E-state index contributed by atoms with van der Waals surface area (Å²) >= 11 is 0. The topological polar surface area (TPSA) is 40.5 Å². The van der Waals surface area contributed by atoms with Crippen LogP contribution in [0.3, 0.4) is 0 Å². The first-order chi connectivity index (χ1) is 8.08. The summed E-state index contributed by atoms with van der Waals surface area (Å²) in [5.41, 5.74) is 1.08. The smallest absolute Gasteiger partial charge is 0.354 e. The third-order valence-corrected chi connectivity index (χ3v) is 2.71. The lowest BCUT2D eigenvalue weighted by Gasteiger charge is -2.04. The maximum Gasteiger partial charge on any atom is 0.354 e. The third kappa shape index (κ3) is 1.73. The number of rotatable bonds is 2. The normalized spacial score (nSPS) is 10.6. The summed E-state index contributed by atoms with van der Waals surface area (Å²) in [5.74, 6) is -0.764. The minimum atomic E-state index is -0.456. The summed E-state index contributed by atoms with van der Waals surface area (Å²) in [5, 5.41) is 0.631. The summed E-state index contributed by atoms with van der Waals surface area (Å²) in [6.07, 6.45) is 0. The molecule has 0 unspecified atom stereocenters. The van der Waals surface area contributed by atoms with Gasteiger partial charge >= 0.3 is 5.97 Å². The number of esters is 1. The van der Waals surface area contributed by atoms with Crippen molar-refractivity contribution in [3.05, 3.63) is 29.7 Å². The van der Waals surface area contributed by atoms with Gasteiger partial charge in [-0.15, -0.1) is 0 Å². The Morgan fingerprint density at radius 3 is 2.59 bits per heavy atom. The number of fused-ring (bicyclic) bond motifs is 1. The molecule has 0 saturated carbocycles. The number of benzene rings is 1. The van der Waals surface area contributed by atoms with Crippen molar-refractivity contribution in [3.63, 3.8) is 0 Å². The van der Waals surface area contributed by atoms with E-state index in [-0.39, 0.29) is 5.75 Å². The van der Waals surface area contributed by atoms with Gasteiger partial charge in [-0.3, -0.25) is 0 Å². The average Bonchev–Trinajstić information content (AvgIpc) is 2.64. The van der Waals surface area contributed by atoms with Crippen LogP contribution in [0.5, 0.6) is 5.75 Å².